The van der Waals surface area contributed by atoms with Gasteiger partial charge in [0.1, 0.15) is 17.3 Å². The van der Waals surface area contributed by atoms with Crippen LogP contribution in [0.25, 0.3) is 11.0 Å². The molecule has 200 valence electrons. The van der Waals surface area contributed by atoms with Crippen molar-refractivity contribution in [3.8, 4) is 11.5 Å². The SMILES string of the molecule is C.COc1cc(O)cc(Nc2nc3ccccc3nc2CS(=O)(=O)c2cccc(NC(=O)CN(C)C)c2)c1. The van der Waals surface area contributed by atoms with E-state index in [2.05, 4.69) is 20.6 Å². The summed E-state index contributed by atoms with van der Waals surface area (Å²) in [5, 5.41) is 15.8. The van der Waals surface area contributed by atoms with Crippen molar-refractivity contribution in [2.24, 2.45) is 0 Å². The quantitative estimate of drug-likeness (QED) is 0.287. The Balaban J connectivity index is 0.00000400. The number of amides is 1. The van der Waals surface area contributed by atoms with E-state index in [1.165, 1.54) is 31.4 Å². The summed E-state index contributed by atoms with van der Waals surface area (Å²) in [6.07, 6.45) is 0. The fourth-order valence-corrected chi connectivity index (χ4v) is 4.99. The van der Waals surface area contributed by atoms with Crippen LogP contribution in [0.1, 0.15) is 13.1 Å². The van der Waals surface area contributed by atoms with Gasteiger partial charge in [0.2, 0.25) is 5.91 Å². The molecule has 11 heteroatoms. The number of benzene rings is 3. The highest BCUT2D eigenvalue weighted by atomic mass is 32.2. The van der Waals surface area contributed by atoms with Crippen LogP contribution in [0.5, 0.6) is 11.5 Å². The van der Waals surface area contributed by atoms with Gasteiger partial charge in [-0.15, -0.1) is 0 Å². The lowest BCUT2D eigenvalue weighted by Gasteiger charge is -2.14. The maximum absolute atomic E-state index is 13.4. The number of phenolic OH excluding ortho intramolecular Hbond substituents is 1. The summed E-state index contributed by atoms with van der Waals surface area (Å²) in [4.78, 5) is 23.1. The van der Waals surface area contributed by atoms with Gasteiger partial charge in [0.15, 0.2) is 15.7 Å². The molecule has 1 amide bonds. The van der Waals surface area contributed by atoms with Crippen LogP contribution >= 0.6 is 0 Å². The predicted molar refractivity (Wildman–Crippen MR) is 149 cm³/mol. The number of rotatable bonds is 9. The topological polar surface area (TPSA) is 134 Å². The summed E-state index contributed by atoms with van der Waals surface area (Å²) in [5.41, 5.74) is 2.14. The molecule has 4 aromatic rings. The van der Waals surface area contributed by atoms with Gasteiger partial charge in [0.05, 0.1) is 35.3 Å². The van der Waals surface area contributed by atoms with Crippen molar-refractivity contribution in [3.63, 3.8) is 0 Å². The normalized spacial score (nSPS) is 11.2. The zero-order chi connectivity index (χ0) is 26.6. The smallest absolute Gasteiger partial charge is 0.238 e. The van der Waals surface area contributed by atoms with E-state index in [1.807, 2.05) is 6.07 Å². The molecule has 38 heavy (non-hydrogen) atoms. The minimum atomic E-state index is -3.88. The Morgan fingerprint density at radius 3 is 2.37 bits per heavy atom. The molecule has 3 N–H and O–H groups in total. The molecule has 0 bridgehead atoms. The molecular weight excluding hydrogens is 506 g/mol. The molecule has 10 nitrogen and oxygen atoms in total. The van der Waals surface area contributed by atoms with Gasteiger partial charge in [-0.1, -0.05) is 25.6 Å². The van der Waals surface area contributed by atoms with E-state index in [4.69, 9.17) is 4.74 Å². The van der Waals surface area contributed by atoms with E-state index < -0.39 is 15.6 Å². The molecule has 0 aliphatic carbocycles. The lowest BCUT2D eigenvalue weighted by molar-refractivity contribution is -0.116. The first-order valence-electron chi connectivity index (χ1n) is 11.3. The van der Waals surface area contributed by atoms with Crippen LogP contribution in [0, 0.1) is 0 Å². The number of ether oxygens (including phenoxy) is 1. The minimum Gasteiger partial charge on any atom is -0.508 e. The van der Waals surface area contributed by atoms with Crippen LogP contribution in [0.3, 0.4) is 0 Å². The Labute approximate surface area is 222 Å². The molecular formula is C27H31N5O5S. The van der Waals surface area contributed by atoms with Crippen molar-refractivity contribution in [2.75, 3.05) is 38.4 Å². The third-order valence-electron chi connectivity index (χ3n) is 5.30. The maximum atomic E-state index is 13.4. The number of aromatic nitrogens is 2. The Morgan fingerprint density at radius 2 is 1.68 bits per heavy atom. The molecule has 0 saturated heterocycles. The first kappa shape index (κ1) is 28.4. The fourth-order valence-electron chi connectivity index (χ4n) is 3.67. The molecule has 0 fully saturated rings. The summed E-state index contributed by atoms with van der Waals surface area (Å²) >= 11 is 0. The number of nitrogens with one attached hydrogen (secondary N) is 2. The van der Waals surface area contributed by atoms with Gasteiger partial charge in [-0.05, 0) is 44.4 Å². The molecule has 1 heterocycles. The average Bonchev–Trinajstić information content (AvgIpc) is 2.83. The highest BCUT2D eigenvalue weighted by molar-refractivity contribution is 7.90. The van der Waals surface area contributed by atoms with Crippen LogP contribution in [-0.2, 0) is 20.4 Å². The largest absolute Gasteiger partial charge is 0.508 e. The second-order valence-corrected chi connectivity index (χ2v) is 10.6. The van der Waals surface area contributed by atoms with E-state index >= 15 is 0 Å². The van der Waals surface area contributed by atoms with E-state index in [0.717, 1.165) is 0 Å². The Bertz CT molecular complexity index is 1560. The van der Waals surface area contributed by atoms with Gasteiger partial charge in [-0.3, -0.25) is 4.79 Å². The lowest BCUT2D eigenvalue weighted by Crippen LogP contribution is -2.27. The number of anilines is 3. The molecule has 1 aromatic heterocycles. The number of carbonyl (C=O) groups is 1. The highest BCUT2D eigenvalue weighted by Gasteiger charge is 2.21. The van der Waals surface area contributed by atoms with Crippen LogP contribution in [-0.4, -0.2) is 62.0 Å². The predicted octanol–water partition coefficient (Wildman–Crippen LogP) is 4.20. The van der Waals surface area contributed by atoms with Gasteiger partial charge in [0.25, 0.3) is 0 Å². The number of para-hydroxylation sites is 2. The molecule has 0 atom stereocenters. The first-order chi connectivity index (χ1) is 17.6. The van der Waals surface area contributed by atoms with Crippen molar-refractivity contribution in [3.05, 3.63) is 72.4 Å². The van der Waals surface area contributed by atoms with Gasteiger partial charge >= 0.3 is 0 Å². The molecule has 0 aliphatic rings. The van der Waals surface area contributed by atoms with E-state index in [0.29, 0.717) is 28.2 Å². The number of hydrogen-bond donors (Lipinski definition) is 3. The van der Waals surface area contributed by atoms with Crippen LogP contribution in [0.2, 0.25) is 0 Å². The van der Waals surface area contributed by atoms with Crippen molar-refractivity contribution < 1.29 is 23.1 Å². The molecule has 0 radical (unpaired) electrons. The standard InChI is InChI=1S/C26H27N5O5S.CH4/c1-31(2)15-25(33)27-17-7-6-8-21(13-17)37(34,35)16-24-26(30-23-10-5-4-9-22(23)29-24)28-18-11-19(32)14-20(12-18)36-3;/h4-14,32H,15-16H2,1-3H3,(H,27,33)(H,28,30);1H4. The number of sulfone groups is 1. The molecule has 0 saturated carbocycles. The van der Waals surface area contributed by atoms with Gasteiger partial charge < -0.3 is 25.4 Å². The molecule has 0 spiro atoms. The summed E-state index contributed by atoms with van der Waals surface area (Å²) in [5.74, 6) is -0.0899. The van der Waals surface area contributed by atoms with Crippen molar-refractivity contribution in [2.45, 2.75) is 18.1 Å². The van der Waals surface area contributed by atoms with E-state index in [1.54, 1.807) is 55.4 Å². The summed E-state index contributed by atoms with van der Waals surface area (Å²) < 4.78 is 32.1. The number of phenols is 1. The second-order valence-electron chi connectivity index (χ2n) is 8.63. The monoisotopic (exact) mass is 537 g/mol. The molecule has 3 aromatic carbocycles. The second kappa shape index (κ2) is 11.9. The summed E-state index contributed by atoms with van der Waals surface area (Å²) in [6, 6.07) is 17.8. The summed E-state index contributed by atoms with van der Waals surface area (Å²) in [6.45, 7) is 0.165. The van der Waals surface area contributed by atoms with Crippen LogP contribution in [0.15, 0.2) is 71.6 Å². The van der Waals surface area contributed by atoms with Gasteiger partial charge in [-0.25, -0.2) is 18.4 Å². The van der Waals surface area contributed by atoms with Crippen LogP contribution < -0.4 is 15.4 Å². The van der Waals surface area contributed by atoms with Gasteiger partial charge in [-0.2, -0.15) is 0 Å². The Hall–Kier alpha value is -4.22. The number of carbonyl (C=O) groups excluding carboxylic acids is 1. The van der Waals surface area contributed by atoms with Crippen molar-refractivity contribution in [1.29, 1.82) is 0 Å². The molecule has 0 aliphatic heterocycles. The number of methoxy groups -OCH3 is 1. The van der Waals surface area contributed by atoms with Crippen molar-refractivity contribution in [1.82, 2.24) is 14.9 Å². The first-order valence-corrected chi connectivity index (χ1v) is 13.0. The Morgan fingerprint density at radius 1 is 0.974 bits per heavy atom. The van der Waals surface area contributed by atoms with Crippen molar-refractivity contribution >= 4 is 44.0 Å². The number of nitrogens with zero attached hydrogens (tertiary/aromatic N) is 3. The third-order valence-corrected chi connectivity index (χ3v) is 6.92. The average molecular weight is 538 g/mol. The number of aromatic hydroxyl groups is 1. The zero-order valence-corrected chi connectivity index (χ0v) is 21.4. The number of hydrogen-bond acceptors (Lipinski definition) is 9. The highest BCUT2D eigenvalue weighted by Crippen LogP contribution is 2.30. The third kappa shape index (κ3) is 6.96. The van der Waals surface area contributed by atoms with E-state index in [-0.39, 0.29) is 42.0 Å². The maximum Gasteiger partial charge on any atom is 0.238 e. The number of likely N-dealkylation sites (N-methyl/N-ethyl adjacent to an activating group) is 1. The van der Waals surface area contributed by atoms with E-state index in [9.17, 15) is 18.3 Å². The molecule has 0 unspecified atom stereocenters. The fraction of sp³-hybridized carbons (Fsp3) is 0.222. The summed E-state index contributed by atoms with van der Waals surface area (Å²) in [7, 11) is 1.13. The van der Waals surface area contributed by atoms with Crippen LogP contribution in [0.4, 0.5) is 17.2 Å². The minimum absolute atomic E-state index is 0. The van der Waals surface area contributed by atoms with Gasteiger partial charge in [0, 0.05) is 29.6 Å². The zero-order valence-electron chi connectivity index (χ0n) is 20.6. The molecule has 4 rings (SSSR count). The Kier molecular flexibility index (Phi) is 8.87. The number of fused-ring (bicyclic) bond motifs is 1. The lowest BCUT2D eigenvalue weighted by atomic mass is 10.2.